The molecule has 0 spiro atoms. The van der Waals surface area contributed by atoms with Crippen LogP contribution in [0.5, 0.6) is 0 Å². The lowest BCUT2D eigenvalue weighted by atomic mass is 10.0. The van der Waals surface area contributed by atoms with E-state index in [2.05, 4.69) is 11.9 Å². The highest BCUT2D eigenvalue weighted by molar-refractivity contribution is 6.02. The zero-order valence-corrected chi connectivity index (χ0v) is 6.41. The Labute approximate surface area is 69.6 Å². The Morgan fingerprint density at radius 1 is 1.75 bits per heavy atom. The van der Waals surface area contributed by atoms with E-state index in [-0.39, 0.29) is 6.42 Å². The van der Waals surface area contributed by atoms with Gasteiger partial charge in [-0.2, -0.15) is 0 Å². The summed E-state index contributed by atoms with van der Waals surface area (Å²) in [6.45, 7) is 3.34. The Morgan fingerprint density at radius 3 is 2.83 bits per heavy atom. The Morgan fingerprint density at radius 2 is 2.42 bits per heavy atom. The smallest absolute Gasteiger partial charge is 0.211 e. The van der Waals surface area contributed by atoms with Crippen molar-refractivity contribution in [3.63, 3.8) is 0 Å². The van der Waals surface area contributed by atoms with Crippen LogP contribution in [0, 0.1) is 0 Å². The van der Waals surface area contributed by atoms with E-state index < -0.39 is 11.4 Å². The summed E-state index contributed by atoms with van der Waals surface area (Å²) >= 11 is 0. The van der Waals surface area contributed by atoms with Gasteiger partial charge in [0, 0.05) is 18.2 Å². The first-order valence-electron chi connectivity index (χ1n) is 3.43. The Hall–Kier alpha value is -1.42. The largest absolute Gasteiger partial charge is 0.377 e. The van der Waals surface area contributed by atoms with Crippen molar-refractivity contribution in [2.75, 3.05) is 0 Å². The van der Waals surface area contributed by atoms with Crippen molar-refractivity contribution in [3.8, 4) is 0 Å². The lowest BCUT2D eigenvalue weighted by molar-refractivity contribution is -0.126. The van der Waals surface area contributed by atoms with Crippen LogP contribution in [0.25, 0.3) is 0 Å². The molecule has 4 nitrogen and oxygen atoms in total. The lowest BCUT2D eigenvalue weighted by Gasteiger charge is -2.14. The van der Waals surface area contributed by atoms with E-state index in [1.807, 2.05) is 0 Å². The van der Waals surface area contributed by atoms with E-state index in [4.69, 9.17) is 0 Å². The van der Waals surface area contributed by atoms with Crippen molar-refractivity contribution < 1.29 is 14.7 Å². The van der Waals surface area contributed by atoms with Crippen LogP contribution < -0.4 is 5.32 Å². The minimum absolute atomic E-state index is 0.0913. The molecular formula is C8H9NO3. The van der Waals surface area contributed by atoms with Crippen LogP contribution in [-0.2, 0) is 9.59 Å². The summed E-state index contributed by atoms with van der Waals surface area (Å²) in [7, 11) is 0. The standard InChI is InChI=1S/C8H9NO3/c1-2-8(12)4-6(9-5-10)3-7(8)11/h2-3,5,12H,1,4H2,(H,9,10)/t8-/m0/s1. The maximum atomic E-state index is 11.1. The number of nitrogens with one attached hydrogen (secondary N) is 1. The number of rotatable bonds is 3. The highest BCUT2D eigenvalue weighted by Crippen LogP contribution is 2.25. The van der Waals surface area contributed by atoms with E-state index in [1.54, 1.807) is 0 Å². The molecule has 0 unspecified atom stereocenters. The number of hydrogen-bond donors (Lipinski definition) is 2. The molecule has 1 amide bonds. The Balaban J connectivity index is 2.79. The van der Waals surface area contributed by atoms with E-state index in [9.17, 15) is 14.7 Å². The average Bonchev–Trinajstić information content (AvgIpc) is 2.30. The van der Waals surface area contributed by atoms with E-state index >= 15 is 0 Å². The van der Waals surface area contributed by atoms with Gasteiger partial charge >= 0.3 is 0 Å². The quantitative estimate of drug-likeness (QED) is 0.440. The molecule has 1 atom stereocenters. The van der Waals surface area contributed by atoms with Gasteiger partial charge in [-0.05, 0) is 0 Å². The summed E-state index contributed by atoms with van der Waals surface area (Å²) in [5, 5.41) is 11.8. The van der Waals surface area contributed by atoms with Crippen LogP contribution in [-0.4, -0.2) is 22.9 Å². The molecule has 0 aromatic carbocycles. The molecule has 4 heteroatoms. The molecular weight excluding hydrogens is 158 g/mol. The van der Waals surface area contributed by atoms with Crippen molar-refractivity contribution >= 4 is 12.2 Å². The van der Waals surface area contributed by atoms with Gasteiger partial charge in [-0.3, -0.25) is 9.59 Å². The van der Waals surface area contributed by atoms with Crippen LogP contribution in [0.2, 0.25) is 0 Å². The first kappa shape index (κ1) is 8.67. The highest BCUT2D eigenvalue weighted by atomic mass is 16.3. The fourth-order valence-electron chi connectivity index (χ4n) is 1.05. The molecule has 2 N–H and O–H groups in total. The third kappa shape index (κ3) is 1.29. The van der Waals surface area contributed by atoms with E-state index in [0.717, 1.165) is 0 Å². The van der Waals surface area contributed by atoms with Crippen LogP contribution in [0.15, 0.2) is 24.4 Å². The molecule has 12 heavy (non-hydrogen) atoms. The maximum absolute atomic E-state index is 11.1. The number of aliphatic hydroxyl groups is 1. The summed E-state index contributed by atoms with van der Waals surface area (Å²) < 4.78 is 0. The molecule has 0 saturated heterocycles. The van der Waals surface area contributed by atoms with Crippen LogP contribution in [0.1, 0.15) is 6.42 Å². The zero-order chi connectivity index (χ0) is 9.19. The van der Waals surface area contributed by atoms with Crippen molar-refractivity contribution in [2.45, 2.75) is 12.0 Å². The van der Waals surface area contributed by atoms with Gasteiger partial charge < -0.3 is 10.4 Å². The van der Waals surface area contributed by atoms with E-state index in [1.165, 1.54) is 12.2 Å². The van der Waals surface area contributed by atoms with Gasteiger partial charge in [0.1, 0.15) is 5.60 Å². The Kier molecular flexibility index (Phi) is 2.10. The molecule has 0 aliphatic heterocycles. The molecule has 0 aromatic heterocycles. The number of carbonyl (C=O) groups is 2. The molecule has 0 saturated carbocycles. The summed E-state index contributed by atoms with van der Waals surface area (Å²) in [6.07, 6.45) is 2.93. The number of ketones is 1. The lowest BCUT2D eigenvalue weighted by Crippen LogP contribution is -2.31. The summed E-state index contributed by atoms with van der Waals surface area (Å²) in [6, 6.07) is 0. The van der Waals surface area contributed by atoms with Crippen molar-refractivity contribution in [1.29, 1.82) is 0 Å². The molecule has 0 radical (unpaired) electrons. The fraction of sp³-hybridized carbons (Fsp3) is 0.250. The van der Waals surface area contributed by atoms with Crippen LogP contribution in [0.3, 0.4) is 0 Å². The van der Waals surface area contributed by atoms with Gasteiger partial charge in [0.2, 0.25) is 6.41 Å². The van der Waals surface area contributed by atoms with Crippen molar-refractivity contribution in [3.05, 3.63) is 24.4 Å². The summed E-state index contributed by atoms with van der Waals surface area (Å²) in [5.41, 5.74) is -1.11. The number of amides is 1. The summed E-state index contributed by atoms with van der Waals surface area (Å²) in [4.78, 5) is 21.1. The molecule has 0 bridgehead atoms. The van der Waals surface area contributed by atoms with Gasteiger partial charge in [0.15, 0.2) is 5.78 Å². The molecule has 0 fully saturated rings. The third-order valence-corrected chi connectivity index (χ3v) is 1.77. The Bertz CT molecular complexity index is 269. The molecule has 1 rings (SSSR count). The SMILES string of the molecule is C=C[C@]1(O)CC(NC=O)=CC1=O. The summed E-state index contributed by atoms with van der Waals surface area (Å²) in [5.74, 6) is -0.443. The molecule has 0 aromatic rings. The topological polar surface area (TPSA) is 66.4 Å². The second kappa shape index (κ2) is 2.91. The predicted molar refractivity (Wildman–Crippen MR) is 42.1 cm³/mol. The third-order valence-electron chi connectivity index (χ3n) is 1.77. The van der Waals surface area contributed by atoms with Gasteiger partial charge in [0.25, 0.3) is 0 Å². The van der Waals surface area contributed by atoms with Crippen LogP contribution >= 0.6 is 0 Å². The zero-order valence-electron chi connectivity index (χ0n) is 6.41. The first-order chi connectivity index (χ1) is 5.62. The average molecular weight is 167 g/mol. The minimum Gasteiger partial charge on any atom is -0.377 e. The second-order valence-corrected chi connectivity index (χ2v) is 2.60. The van der Waals surface area contributed by atoms with Gasteiger partial charge in [-0.25, -0.2) is 0 Å². The maximum Gasteiger partial charge on any atom is 0.211 e. The minimum atomic E-state index is -1.52. The first-order valence-corrected chi connectivity index (χ1v) is 3.43. The van der Waals surface area contributed by atoms with Gasteiger partial charge in [-0.1, -0.05) is 12.7 Å². The van der Waals surface area contributed by atoms with E-state index in [0.29, 0.717) is 12.1 Å². The van der Waals surface area contributed by atoms with Gasteiger partial charge in [-0.15, -0.1) is 0 Å². The predicted octanol–water partition coefficient (Wildman–Crippen LogP) is -0.494. The van der Waals surface area contributed by atoms with Gasteiger partial charge in [0.05, 0.1) is 0 Å². The number of carbonyl (C=O) groups excluding carboxylic acids is 2. The van der Waals surface area contributed by atoms with Crippen molar-refractivity contribution in [1.82, 2.24) is 5.32 Å². The number of hydrogen-bond acceptors (Lipinski definition) is 3. The van der Waals surface area contributed by atoms with Crippen LogP contribution in [0.4, 0.5) is 0 Å². The molecule has 1 aliphatic carbocycles. The normalized spacial score (nSPS) is 28.1. The highest BCUT2D eigenvalue weighted by Gasteiger charge is 2.37. The molecule has 64 valence electrons. The molecule has 0 heterocycles. The molecule has 1 aliphatic rings. The monoisotopic (exact) mass is 167 g/mol. The second-order valence-electron chi connectivity index (χ2n) is 2.60. The van der Waals surface area contributed by atoms with Crippen molar-refractivity contribution in [2.24, 2.45) is 0 Å². The fourth-order valence-corrected chi connectivity index (χ4v) is 1.05.